The Morgan fingerprint density at radius 3 is 2.71 bits per heavy atom. The lowest BCUT2D eigenvalue weighted by atomic mass is 10.2. The molecule has 2 aromatic carbocycles. The summed E-state index contributed by atoms with van der Waals surface area (Å²) in [6, 6.07) is 12.7. The van der Waals surface area contributed by atoms with Gasteiger partial charge in [-0.1, -0.05) is 22.0 Å². The lowest BCUT2D eigenvalue weighted by Crippen LogP contribution is -2.02. The molecule has 0 fully saturated rings. The van der Waals surface area contributed by atoms with Crippen molar-refractivity contribution >= 4 is 21.6 Å². The molecule has 0 saturated heterocycles. The number of anilines is 1. The highest BCUT2D eigenvalue weighted by molar-refractivity contribution is 9.10. The molecule has 3 rings (SSSR count). The van der Waals surface area contributed by atoms with Crippen LogP contribution in [0, 0.1) is 5.82 Å². The summed E-state index contributed by atoms with van der Waals surface area (Å²) in [5.41, 5.74) is 2.46. The zero-order valence-electron chi connectivity index (χ0n) is 11.0. The van der Waals surface area contributed by atoms with Gasteiger partial charge in [-0.25, -0.2) is 4.39 Å². The molecular weight excluding hydrogens is 335 g/mol. The Morgan fingerprint density at radius 1 is 1.10 bits per heavy atom. The van der Waals surface area contributed by atoms with Gasteiger partial charge in [-0.15, -0.1) is 10.2 Å². The Balaban J connectivity index is 1.76. The summed E-state index contributed by atoms with van der Waals surface area (Å²) < 4.78 is 16.4. The molecule has 0 spiro atoms. The molecule has 0 amide bonds. The fourth-order valence-electron chi connectivity index (χ4n) is 1.99. The summed E-state index contributed by atoms with van der Waals surface area (Å²) >= 11 is 3.35. The normalized spacial score (nSPS) is 10.6. The van der Waals surface area contributed by atoms with Crippen LogP contribution in [-0.4, -0.2) is 14.8 Å². The van der Waals surface area contributed by atoms with Crippen molar-refractivity contribution < 1.29 is 4.39 Å². The number of benzene rings is 2. The Labute approximate surface area is 129 Å². The van der Waals surface area contributed by atoms with Gasteiger partial charge in [-0.05, 0) is 36.4 Å². The Morgan fingerprint density at radius 2 is 1.90 bits per heavy atom. The van der Waals surface area contributed by atoms with Crippen LogP contribution in [0.1, 0.15) is 5.56 Å². The maximum atomic E-state index is 13.7. The van der Waals surface area contributed by atoms with Crippen LogP contribution in [0.25, 0.3) is 5.69 Å². The van der Waals surface area contributed by atoms with Gasteiger partial charge in [0, 0.05) is 22.3 Å². The van der Waals surface area contributed by atoms with Crippen molar-refractivity contribution in [1.29, 1.82) is 0 Å². The summed E-state index contributed by atoms with van der Waals surface area (Å²) in [5, 5.41) is 10.8. The van der Waals surface area contributed by atoms with Crippen molar-refractivity contribution in [3.05, 3.63) is 71.0 Å². The van der Waals surface area contributed by atoms with Gasteiger partial charge in [0.25, 0.3) is 0 Å². The molecular formula is C15H12BrFN4. The minimum absolute atomic E-state index is 0.222. The summed E-state index contributed by atoms with van der Waals surface area (Å²) in [7, 11) is 0. The molecule has 1 aromatic heterocycles. The molecule has 6 heteroatoms. The quantitative estimate of drug-likeness (QED) is 0.781. The standard InChI is InChI=1S/C15H12BrFN4/c16-12-4-5-15(17)11(6-12)8-18-13-2-1-3-14(7-13)21-9-19-20-10-21/h1-7,9-10,18H,8H2. The molecule has 0 unspecified atom stereocenters. The highest BCUT2D eigenvalue weighted by Crippen LogP contribution is 2.18. The smallest absolute Gasteiger partial charge is 0.128 e. The maximum Gasteiger partial charge on any atom is 0.128 e. The molecule has 106 valence electrons. The first-order valence-electron chi connectivity index (χ1n) is 6.35. The average molecular weight is 347 g/mol. The molecule has 1 heterocycles. The number of hydrogen-bond acceptors (Lipinski definition) is 3. The van der Waals surface area contributed by atoms with Gasteiger partial charge in [-0.3, -0.25) is 4.57 Å². The second-order valence-corrected chi connectivity index (χ2v) is 5.42. The number of nitrogens with zero attached hydrogens (tertiary/aromatic N) is 3. The minimum atomic E-state index is -0.222. The monoisotopic (exact) mass is 346 g/mol. The third kappa shape index (κ3) is 3.28. The van der Waals surface area contributed by atoms with Crippen LogP contribution >= 0.6 is 15.9 Å². The van der Waals surface area contributed by atoms with Gasteiger partial charge in [0.2, 0.25) is 0 Å². The van der Waals surface area contributed by atoms with Crippen LogP contribution < -0.4 is 5.32 Å². The topological polar surface area (TPSA) is 42.7 Å². The molecule has 0 aliphatic heterocycles. The second-order valence-electron chi connectivity index (χ2n) is 4.51. The van der Waals surface area contributed by atoms with Crippen LogP contribution in [0.2, 0.25) is 0 Å². The zero-order chi connectivity index (χ0) is 14.7. The van der Waals surface area contributed by atoms with Crippen LogP contribution in [0.4, 0.5) is 10.1 Å². The Hall–Kier alpha value is -2.21. The van der Waals surface area contributed by atoms with E-state index in [4.69, 9.17) is 0 Å². The number of hydrogen-bond donors (Lipinski definition) is 1. The number of aromatic nitrogens is 3. The fourth-order valence-corrected chi connectivity index (χ4v) is 2.40. The molecule has 21 heavy (non-hydrogen) atoms. The van der Waals surface area contributed by atoms with Crippen molar-refractivity contribution in [3.63, 3.8) is 0 Å². The van der Waals surface area contributed by atoms with Crippen molar-refractivity contribution in [2.75, 3.05) is 5.32 Å². The van der Waals surface area contributed by atoms with Crippen molar-refractivity contribution in [2.24, 2.45) is 0 Å². The first-order chi connectivity index (χ1) is 10.2. The van der Waals surface area contributed by atoms with Gasteiger partial charge in [0.1, 0.15) is 18.5 Å². The molecule has 0 saturated carbocycles. The molecule has 1 N–H and O–H groups in total. The van der Waals surface area contributed by atoms with Gasteiger partial charge < -0.3 is 5.32 Å². The third-order valence-electron chi connectivity index (χ3n) is 3.05. The van der Waals surface area contributed by atoms with Crippen LogP contribution in [-0.2, 0) is 6.54 Å². The average Bonchev–Trinajstić information content (AvgIpc) is 3.03. The number of rotatable bonds is 4. The predicted molar refractivity (Wildman–Crippen MR) is 82.8 cm³/mol. The van der Waals surface area contributed by atoms with Gasteiger partial charge >= 0.3 is 0 Å². The van der Waals surface area contributed by atoms with Crippen LogP contribution in [0.15, 0.2) is 59.6 Å². The van der Waals surface area contributed by atoms with E-state index >= 15 is 0 Å². The largest absolute Gasteiger partial charge is 0.381 e. The molecule has 0 aliphatic carbocycles. The molecule has 0 atom stereocenters. The highest BCUT2D eigenvalue weighted by Gasteiger charge is 2.03. The molecule has 4 nitrogen and oxygen atoms in total. The number of halogens is 2. The summed E-state index contributed by atoms with van der Waals surface area (Å²) in [5.74, 6) is -0.222. The molecule has 0 radical (unpaired) electrons. The molecule has 0 bridgehead atoms. The summed E-state index contributed by atoms with van der Waals surface area (Å²) in [6.07, 6.45) is 3.26. The fraction of sp³-hybridized carbons (Fsp3) is 0.0667. The maximum absolute atomic E-state index is 13.7. The third-order valence-corrected chi connectivity index (χ3v) is 3.55. The van der Waals surface area contributed by atoms with E-state index in [1.54, 1.807) is 24.8 Å². The van der Waals surface area contributed by atoms with E-state index < -0.39 is 0 Å². The molecule has 0 aliphatic rings. The SMILES string of the molecule is Fc1ccc(Br)cc1CNc1cccc(-n2cnnc2)c1. The zero-order valence-corrected chi connectivity index (χ0v) is 12.6. The van der Waals surface area contributed by atoms with E-state index in [1.807, 2.05) is 28.8 Å². The second kappa shape index (κ2) is 6.05. The van der Waals surface area contributed by atoms with E-state index in [9.17, 15) is 4.39 Å². The van der Waals surface area contributed by atoms with Crippen molar-refractivity contribution in [2.45, 2.75) is 6.54 Å². The van der Waals surface area contributed by atoms with E-state index in [-0.39, 0.29) is 5.82 Å². The van der Waals surface area contributed by atoms with E-state index in [1.165, 1.54) is 6.07 Å². The van der Waals surface area contributed by atoms with E-state index in [0.29, 0.717) is 12.1 Å². The molecule has 3 aromatic rings. The van der Waals surface area contributed by atoms with Crippen LogP contribution in [0.3, 0.4) is 0 Å². The summed E-state index contributed by atoms with van der Waals surface area (Å²) in [6.45, 7) is 0.414. The van der Waals surface area contributed by atoms with Gasteiger partial charge in [-0.2, -0.15) is 0 Å². The minimum Gasteiger partial charge on any atom is -0.381 e. The van der Waals surface area contributed by atoms with Crippen molar-refractivity contribution in [3.8, 4) is 5.69 Å². The highest BCUT2D eigenvalue weighted by atomic mass is 79.9. The Kier molecular flexibility index (Phi) is 3.96. The predicted octanol–water partition coefficient (Wildman–Crippen LogP) is 3.78. The number of nitrogens with one attached hydrogen (secondary N) is 1. The Bertz CT molecular complexity index is 743. The van der Waals surface area contributed by atoms with Gasteiger partial charge in [0.05, 0.1) is 5.69 Å². The van der Waals surface area contributed by atoms with Crippen molar-refractivity contribution in [1.82, 2.24) is 14.8 Å². The van der Waals surface area contributed by atoms with Gasteiger partial charge in [0.15, 0.2) is 0 Å². The summed E-state index contributed by atoms with van der Waals surface area (Å²) in [4.78, 5) is 0. The lowest BCUT2D eigenvalue weighted by molar-refractivity contribution is 0.612. The first-order valence-corrected chi connectivity index (χ1v) is 7.14. The van der Waals surface area contributed by atoms with Crippen LogP contribution in [0.5, 0.6) is 0 Å². The first kappa shape index (κ1) is 13.8. The lowest BCUT2D eigenvalue weighted by Gasteiger charge is -2.09. The van der Waals surface area contributed by atoms with E-state index in [2.05, 4.69) is 31.4 Å². The van der Waals surface area contributed by atoms with E-state index in [0.717, 1.165) is 15.8 Å².